The van der Waals surface area contributed by atoms with Gasteiger partial charge < -0.3 is 10.1 Å². The van der Waals surface area contributed by atoms with E-state index in [9.17, 15) is 13.2 Å². The van der Waals surface area contributed by atoms with Gasteiger partial charge in [0.2, 0.25) is 10.0 Å². The number of carbonyl (C=O) groups excluding carboxylic acids is 1. The van der Waals surface area contributed by atoms with Crippen LogP contribution in [-0.4, -0.2) is 43.9 Å². The summed E-state index contributed by atoms with van der Waals surface area (Å²) < 4.78 is 33.2. The third kappa shape index (κ3) is 4.55. The molecule has 0 spiro atoms. The van der Waals surface area contributed by atoms with Gasteiger partial charge in [0.05, 0.1) is 17.2 Å². The maximum absolute atomic E-state index is 13.1. The van der Waals surface area contributed by atoms with Crippen LogP contribution >= 0.6 is 11.6 Å². The molecule has 1 fully saturated rings. The van der Waals surface area contributed by atoms with Crippen molar-refractivity contribution in [3.8, 4) is 0 Å². The summed E-state index contributed by atoms with van der Waals surface area (Å²) in [6, 6.07) is 11.6. The molecule has 3 rings (SSSR count). The fourth-order valence-electron chi connectivity index (χ4n) is 3.23. The normalized spacial score (nSPS) is 20.7. The average molecular weight is 423 g/mol. The Bertz CT molecular complexity index is 983. The number of morpholine rings is 1. The number of nitrogens with zero attached hydrogens (tertiary/aromatic N) is 1. The van der Waals surface area contributed by atoms with Gasteiger partial charge in [0.1, 0.15) is 4.90 Å². The molecule has 2 aromatic carbocycles. The van der Waals surface area contributed by atoms with E-state index in [4.69, 9.17) is 16.3 Å². The molecule has 1 saturated heterocycles. The molecule has 1 N–H and O–H groups in total. The molecule has 2 aromatic rings. The lowest BCUT2D eigenvalue weighted by Gasteiger charge is -2.34. The summed E-state index contributed by atoms with van der Waals surface area (Å²) in [5.74, 6) is -0.401. The number of benzene rings is 2. The number of nitrogens with one attached hydrogen (secondary N) is 1. The summed E-state index contributed by atoms with van der Waals surface area (Å²) in [6.45, 7) is 6.05. The molecule has 150 valence electrons. The van der Waals surface area contributed by atoms with Gasteiger partial charge in [-0.3, -0.25) is 4.79 Å². The molecule has 1 amide bonds. The number of aryl methyl sites for hydroxylation is 1. The van der Waals surface area contributed by atoms with E-state index in [-0.39, 0.29) is 40.8 Å². The first kappa shape index (κ1) is 20.8. The van der Waals surface area contributed by atoms with E-state index in [0.29, 0.717) is 5.69 Å². The van der Waals surface area contributed by atoms with E-state index in [1.165, 1.54) is 22.5 Å². The predicted octanol–water partition coefficient (Wildman–Crippen LogP) is 3.70. The molecule has 28 heavy (non-hydrogen) atoms. The van der Waals surface area contributed by atoms with Crippen molar-refractivity contribution in [1.82, 2.24) is 4.31 Å². The Hall–Kier alpha value is -1.93. The van der Waals surface area contributed by atoms with Crippen molar-refractivity contribution in [1.29, 1.82) is 0 Å². The maximum Gasteiger partial charge on any atom is 0.255 e. The van der Waals surface area contributed by atoms with Crippen LogP contribution in [0, 0.1) is 6.92 Å². The summed E-state index contributed by atoms with van der Waals surface area (Å²) in [5, 5.41) is 2.86. The van der Waals surface area contributed by atoms with Crippen LogP contribution in [0.5, 0.6) is 0 Å². The van der Waals surface area contributed by atoms with E-state index in [2.05, 4.69) is 5.32 Å². The van der Waals surface area contributed by atoms with Crippen molar-refractivity contribution in [2.75, 3.05) is 18.4 Å². The predicted molar refractivity (Wildman–Crippen MR) is 109 cm³/mol. The first-order valence-corrected chi connectivity index (χ1v) is 10.8. The van der Waals surface area contributed by atoms with Crippen molar-refractivity contribution in [3.63, 3.8) is 0 Å². The monoisotopic (exact) mass is 422 g/mol. The van der Waals surface area contributed by atoms with Gasteiger partial charge in [-0.15, -0.1) is 0 Å². The molecule has 2 unspecified atom stereocenters. The Morgan fingerprint density at radius 2 is 1.82 bits per heavy atom. The zero-order valence-electron chi connectivity index (χ0n) is 16.0. The van der Waals surface area contributed by atoms with E-state index in [0.717, 1.165) is 5.56 Å². The smallest absolute Gasteiger partial charge is 0.255 e. The van der Waals surface area contributed by atoms with Crippen LogP contribution in [0.2, 0.25) is 5.02 Å². The van der Waals surface area contributed by atoms with Crippen LogP contribution in [0.25, 0.3) is 0 Å². The zero-order chi connectivity index (χ0) is 20.5. The number of hydrogen-bond donors (Lipinski definition) is 1. The molecule has 1 heterocycles. The van der Waals surface area contributed by atoms with E-state index in [1.807, 2.05) is 39.0 Å². The van der Waals surface area contributed by atoms with Crippen LogP contribution in [-0.2, 0) is 14.8 Å². The standard InChI is InChI=1S/C20H23ClN2O4S/c1-13-5-4-6-17(9-13)22-20(24)16-7-8-18(21)19(10-16)28(25,26)23-11-14(2)27-15(3)12-23/h4-10,14-15H,11-12H2,1-3H3,(H,22,24). The van der Waals surface area contributed by atoms with Crippen LogP contribution in [0.3, 0.4) is 0 Å². The number of hydrogen-bond acceptors (Lipinski definition) is 4. The van der Waals surface area contributed by atoms with E-state index >= 15 is 0 Å². The Morgan fingerprint density at radius 1 is 1.14 bits per heavy atom. The van der Waals surface area contributed by atoms with Crippen molar-refractivity contribution >= 4 is 33.2 Å². The lowest BCUT2D eigenvalue weighted by Crippen LogP contribution is -2.48. The number of carbonyl (C=O) groups is 1. The highest BCUT2D eigenvalue weighted by molar-refractivity contribution is 7.89. The fraction of sp³-hybridized carbons (Fsp3) is 0.350. The van der Waals surface area contributed by atoms with Crippen LogP contribution in [0.4, 0.5) is 5.69 Å². The Morgan fingerprint density at radius 3 is 2.46 bits per heavy atom. The van der Waals surface area contributed by atoms with Crippen molar-refractivity contribution in [2.24, 2.45) is 0 Å². The van der Waals surface area contributed by atoms with Gasteiger partial charge in [0, 0.05) is 24.3 Å². The fourth-order valence-corrected chi connectivity index (χ4v) is 5.33. The highest BCUT2D eigenvalue weighted by Gasteiger charge is 2.33. The zero-order valence-corrected chi connectivity index (χ0v) is 17.5. The second-order valence-corrected chi connectivity index (χ2v) is 9.36. The van der Waals surface area contributed by atoms with Crippen LogP contribution < -0.4 is 5.32 Å². The number of amides is 1. The average Bonchev–Trinajstić information content (AvgIpc) is 2.61. The molecule has 0 bridgehead atoms. The molecule has 6 nitrogen and oxygen atoms in total. The molecular weight excluding hydrogens is 400 g/mol. The minimum Gasteiger partial charge on any atom is -0.373 e. The third-order valence-electron chi connectivity index (χ3n) is 4.47. The van der Waals surface area contributed by atoms with Gasteiger partial charge in [-0.05, 0) is 56.7 Å². The van der Waals surface area contributed by atoms with Crippen LogP contribution in [0.15, 0.2) is 47.4 Å². The van der Waals surface area contributed by atoms with Crippen molar-refractivity contribution in [2.45, 2.75) is 37.9 Å². The molecule has 8 heteroatoms. The topological polar surface area (TPSA) is 75.7 Å². The van der Waals surface area contributed by atoms with Gasteiger partial charge in [-0.1, -0.05) is 23.7 Å². The summed E-state index contributed by atoms with van der Waals surface area (Å²) in [5.41, 5.74) is 1.87. The quantitative estimate of drug-likeness (QED) is 0.815. The lowest BCUT2D eigenvalue weighted by molar-refractivity contribution is -0.0440. The molecule has 2 atom stereocenters. The minimum absolute atomic E-state index is 0.0765. The Kier molecular flexibility index (Phi) is 6.09. The molecule has 1 aliphatic rings. The van der Waals surface area contributed by atoms with Gasteiger partial charge >= 0.3 is 0 Å². The summed E-state index contributed by atoms with van der Waals surface area (Å²) in [6.07, 6.45) is -0.435. The molecule has 0 aromatic heterocycles. The highest BCUT2D eigenvalue weighted by Crippen LogP contribution is 2.28. The molecule has 1 aliphatic heterocycles. The maximum atomic E-state index is 13.1. The number of halogens is 1. The number of anilines is 1. The number of ether oxygens (including phenoxy) is 1. The van der Waals surface area contributed by atoms with Crippen LogP contribution in [0.1, 0.15) is 29.8 Å². The molecule has 0 aliphatic carbocycles. The van der Waals surface area contributed by atoms with Gasteiger partial charge in [-0.2, -0.15) is 4.31 Å². The second-order valence-electron chi connectivity index (χ2n) is 7.05. The van der Waals surface area contributed by atoms with Crippen molar-refractivity contribution in [3.05, 3.63) is 58.6 Å². The summed E-state index contributed by atoms with van der Waals surface area (Å²) in [7, 11) is -3.85. The number of sulfonamides is 1. The third-order valence-corrected chi connectivity index (χ3v) is 6.79. The highest BCUT2D eigenvalue weighted by atomic mass is 35.5. The summed E-state index contributed by atoms with van der Waals surface area (Å²) in [4.78, 5) is 12.5. The Balaban J connectivity index is 1.89. The largest absolute Gasteiger partial charge is 0.373 e. The minimum atomic E-state index is -3.85. The first-order valence-electron chi connectivity index (χ1n) is 9.00. The van der Waals surface area contributed by atoms with Gasteiger partial charge in [-0.25, -0.2) is 8.42 Å². The van der Waals surface area contributed by atoms with Gasteiger partial charge in [0.15, 0.2) is 0 Å². The summed E-state index contributed by atoms with van der Waals surface area (Å²) >= 11 is 6.19. The lowest BCUT2D eigenvalue weighted by atomic mass is 10.2. The second kappa shape index (κ2) is 8.21. The SMILES string of the molecule is Cc1cccc(NC(=O)c2ccc(Cl)c(S(=O)(=O)N3CC(C)OC(C)C3)c2)c1. The van der Waals surface area contributed by atoms with E-state index < -0.39 is 15.9 Å². The Labute approximate surface area is 170 Å². The molecule has 0 radical (unpaired) electrons. The number of rotatable bonds is 4. The van der Waals surface area contributed by atoms with Gasteiger partial charge in [0.25, 0.3) is 5.91 Å². The van der Waals surface area contributed by atoms with E-state index in [1.54, 1.807) is 6.07 Å². The molecule has 0 saturated carbocycles. The first-order chi connectivity index (χ1) is 13.2. The molecular formula is C20H23ClN2O4S. The van der Waals surface area contributed by atoms with Crippen molar-refractivity contribution < 1.29 is 17.9 Å².